The molecule has 5 aromatic rings. The molecule has 2 aliphatic rings. The standard InChI is InChI=1S/C20H19Cl2N3O3.C17H25N5O/c1-14-2-5-16(6-3-14)26-9-17-10-27-20(28-17,11-25-13-23-12-24-25)18-7-4-15(21)8-19(18)22;1-4-14(2)22-17(23)21(13-18-22)16-7-5-15(6-8-16)20-11-9-19(3)10-12-20/h2-8,12-13,17H,9-11H2,1H3;5-8,13-14H,4,9-12H2,1-3H3/t17-,20-;14-/m10/s1. The van der Waals surface area contributed by atoms with Crippen molar-refractivity contribution in [1.82, 2.24) is 34.0 Å². The molecule has 0 unspecified atom stereocenters. The number of aryl methyl sites for hydroxylation is 1. The van der Waals surface area contributed by atoms with Gasteiger partial charge in [-0.2, -0.15) is 10.2 Å². The van der Waals surface area contributed by atoms with Crippen LogP contribution < -0.4 is 15.3 Å². The lowest BCUT2D eigenvalue weighted by molar-refractivity contribution is -0.190. The molecule has 3 aromatic carbocycles. The van der Waals surface area contributed by atoms with Crippen molar-refractivity contribution in [3.63, 3.8) is 0 Å². The summed E-state index contributed by atoms with van der Waals surface area (Å²) in [4.78, 5) is 21.2. The highest BCUT2D eigenvalue weighted by Crippen LogP contribution is 2.40. The summed E-state index contributed by atoms with van der Waals surface area (Å²) in [6.07, 6.45) is 5.30. The molecule has 2 saturated heterocycles. The Labute approximate surface area is 308 Å². The summed E-state index contributed by atoms with van der Waals surface area (Å²) in [5, 5.41) is 9.41. The Kier molecular flexibility index (Phi) is 11.8. The van der Waals surface area contributed by atoms with Crippen molar-refractivity contribution in [2.45, 2.75) is 51.7 Å². The quantitative estimate of drug-likeness (QED) is 0.171. The molecule has 7 rings (SSSR count). The summed E-state index contributed by atoms with van der Waals surface area (Å²) < 4.78 is 23.1. The van der Waals surface area contributed by atoms with Gasteiger partial charge in [0.25, 0.3) is 0 Å². The van der Waals surface area contributed by atoms with Crippen LogP contribution in [-0.2, 0) is 21.8 Å². The van der Waals surface area contributed by atoms with Crippen LogP contribution in [-0.4, -0.2) is 86.6 Å². The van der Waals surface area contributed by atoms with Crippen molar-refractivity contribution in [3.8, 4) is 11.4 Å². The molecule has 0 aliphatic carbocycles. The SMILES string of the molecule is CC[C@H](C)n1ncn(-c2ccc(N3CCN(C)CC3)cc2)c1=O.Cc1ccc(OC[C@@H]2CO[C@@](Cn3cncn3)(c3ccc(Cl)cc3Cl)O2)cc1. The lowest BCUT2D eigenvalue weighted by Crippen LogP contribution is -2.44. The smallest absolute Gasteiger partial charge is 0.350 e. The molecule has 2 fully saturated rings. The molecule has 270 valence electrons. The van der Waals surface area contributed by atoms with Crippen molar-refractivity contribution in [2.75, 3.05) is 51.3 Å². The fourth-order valence-corrected chi connectivity index (χ4v) is 6.52. The van der Waals surface area contributed by atoms with Gasteiger partial charge in [-0.15, -0.1) is 0 Å². The van der Waals surface area contributed by atoms with E-state index in [9.17, 15) is 4.79 Å². The number of halogens is 2. The third-order valence-corrected chi connectivity index (χ3v) is 9.74. The summed E-state index contributed by atoms with van der Waals surface area (Å²) in [5.74, 6) is -0.316. The average Bonchev–Trinajstić information content (AvgIpc) is 3.90. The zero-order valence-electron chi connectivity index (χ0n) is 29.4. The number of likely N-dealkylation sites (N-methyl/N-ethyl adjacent to an activating group) is 1. The Hall–Kier alpha value is -4.20. The van der Waals surface area contributed by atoms with Crippen LogP contribution in [0.1, 0.15) is 37.4 Å². The van der Waals surface area contributed by atoms with E-state index in [0.29, 0.717) is 35.4 Å². The van der Waals surface area contributed by atoms with Gasteiger partial charge in [0.2, 0.25) is 5.79 Å². The van der Waals surface area contributed by atoms with Crippen molar-refractivity contribution in [1.29, 1.82) is 0 Å². The minimum Gasteiger partial charge on any atom is -0.491 e. The highest BCUT2D eigenvalue weighted by atomic mass is 35.5. The van der Waals surface area contributed by atoms with Crippen molar-refractivity contribution in [2.24, 2.45) is 0 Å². The summed E-state index contributed by atoms with van der Waals surface area (Å²) in [5.41, 5.74) is 3.86. The van der Waals surface area contributed by atoms with Gasteiger partial charge in [0.1, 0.15) is 44.0 Å². The highest BCUT2D eigenvalue weighted by Gasteiger charge is 2.45. The molecule has 0 saturated carbocycles. The Bertz CT molecular complexity index is 1910. The normalized spacial score (nSPS) is 19.8. The predicted octanol–water partition coefficient (Wildman–Crippen LogP) is 6.00. The molecule has 0 spiro atoms. The number of ether oxygens (including phenoxy) is 3. The van der Waals surface area contributed by atoms with E-state index in [2.05, 4.69) is 51.1 Å². The van der Waals surface area contributed by atoms with E-state index in [1.165, 1.54) is 17.6 Å². The van der Waals surface area contributed by atoms with Crippen LogP contribution >= 0.6 is 23.2 Å². The maximum atomic E-state index is 12.4. The van der Waals surface area contributed by atoms with Crippen LogP contribution in [0.4, 0.5) is 5.69 Å². The molecule has 0 bridgehead atoms. The molecular formula is C37H44Cl2N8O4. The second-order valence-electron chi connectivity index (χ2n) is 12.9. The van der Waals surface area contributed by atoms with Gasteiger partial charge in [-0.3, -0.25) is 0 Å². The monoisotopic (exact) mass is 734 g/mol. The third-order valence-electron chi connectivity index (χ3n) is 9.19. The molecule has 4 heterocycles. The minimum absolute atomic E-state index is 0.0771. The van der Waals surface area contributed by atoms with Gasteiger partial charge < -0.3 is 24.0 Å². The molecule has 12 nitrogen and oxygen atoms in total. The first-order chi connectivity index (χ1) is 24.6. The Morgan fingerprint density at radius 2 is 1.69 bits per heavy atom. The number of benzene rings is 3. The number of aromatic nitrogens is 6. The lowest BCUT2D eigenvalue weighted by atomic mass is 10.1. The number of hydrogen-bond acceptors (Lipinski definition) is 9. The average molecular weight is 736 g/mol. The molecular weight excluding hydrogens is 691 g/mol. The minimum atomic E-state index is -1.10. The summed E-state index contributed by atoms with van der Waals surface area (Å²) in [7, 11) is 2.15. The Balaban J connectivity index is 0.000000179. The molecule has 0 amide bonds. The molecule has 2 aliphatic heterocycles. The third kappa shape index (κ3) is 8.82. The predicted molar refractivity (Wildman–Crippen MR) is 198 cm³/mol. The molecule has 2 aromatic heterocycles. The van der Waals surface area contributed by atoms with E-state index in [0.717, 1.165) is 44.0 Å². The van der Waals surface area contributed by atoms with Crippen LogP contribution in [0.15, 0.2) is 90.5 Å². The number of nitrogens with zero attached hydrogens (tertiary/aromatic N) is 8. The van der Waals surface area contributed by atoms with Gasteiger partial charge in [0.15, 0.2) is 0 Å². The molecule has 51 heavy (non-hydrogen) atoms. The first-order valence-electron chi connectivity index (χ1n) is 17.1. The van der Waals surface area contributed by atoms with Gasteiger partial charge in [0, 0.05) is 42.5 Å². The van der Waals surface area contributed by atoms with Crippen LogP contribution in [0.5, 0.6) is 5.75 Å². The van der Waals surface area contributed by atoms with Crippen molar-refractivity contribution >= 4 is 28.9 Å². The van der Waals surface area contributed by atoms with Crippen LogP contribution in [0, 0.1) is 6.92 Å². The van der Waals surface area contributed by atoms with Crippen LogP contribution in [0.2, 0.25) is 10.0 Å². The van der Waals surface area contributed by atoms with E-state index < -0.39 is 5.79 Å². The van der Waals surface area contributed by atoms with Gasteiger partial charge in [-0.25, -0.2) is 23.7 Å². The van der Waals surface area contributed by atoms with Crippen LogP contribution in [0.25, 0.3) is 5.69 Å². The summed E-state index contributed by atoms with van der Waals surface area (Å²) in [6, 6.07) is 21.4. The lowest BCUT2D eigenvalue weighted by Gasteiger charge is -2.34. The van der Waals surface area contributed by atoms with Gasteiger partial charge in [-0.05, 0) is 75.8 Å². The zero-order valence-corrected chi connectivity index (χ0v) is 30.9. The van der Waals surface area contributed by atoms with E-state index in [-0.39, 0.29) is 17.8 Å². The largest absolute Gasteiger partial charge is 0.491 e. The van der Waals surface area contributed by atoms with Crippen molar-refractivity contribution < 1.29 is 14.2 Å². The maximum absolute atomic E-state index is 12.4. The maximum Gasteiger partial charge on any atom is 0.350 e. The Morgan fingerprint density at radius 1 is 0.961 bits per heavy atom. The van der Waals surface area contributed by atoms with E-state index in [1.807, 2.05) is 56.3 Å². The molecule has 14 heteroatoms. The second kappa shape index (κ2) is 16.4. The second-order valence-corrected chi connectivity index (χ2v) is 13.8. The van der Waals surface area contributed by atoms with Crippen LogP contribution in [0.3, 0.4) is 0 Å². The first-order valence-corrected chi connectivity index (χ1v) is 17.9. The van der Waals surface area contributed by atoms with E-state index >= 15 is 0 Å². The van der Waals surface area contributed by atoms with Gasteiger partial charge in [0.05, 0.1) is 23.4 Å². The van der Waals surface area contributed by atoms with Gasteiger partial charge >= 0.3 is 5.69 Å². The molecule has 3 atom stereocenters. The number of anilines is 1. The fourth-order valence-electron chi connectivity index (χ4n) is 5.96. The molecule has 0 radical (unpaired) electrons. The van der Waals surface area contributed by atoms with E-state index in [1.54, 1.807) is 38.7 Å². The summed E-state index contributed by atoms with van der Waals surface area (Å²) >= 11 is 12.5. The fraction of sp³-hybridized carbons (Fsp3) is 0.405. The number of rotatable bonds is 10. The van der Waals surface area contributed by atoms with Gasteiger partial charge in [-0.1, -0.05) is 53.9 Å². The molecule has 0 N–H and O–H groups in total. The topological polar surface area (TPSA) is 105 Å². The zero-order chi connectivity index (χ0) is 36.0. The highest BCUT2D eigenvalue weighted by molar-refractivity contribution is 6.35. The summed E-state index contributed by atoms with van der Waals surface area (Å²) in [6.45, 7) is 11.4. The Morgan fingerprint density at radius 3 is 2.35 bits per heavy atom. The van der Waals surface area contributed by atoms with Crippen molar-refractivity contribution in [3.05, 3.63) is 117 Å². The number of piperazine rings is 1. The first kappa shape index (κ1) is 36.6. The van der Waals surface area contributed by atoms with E-state index in [4.69, 9.17) is 37.4 Å². The number of hydrogen-bond donors (Lipinski definition) is 0.